The fourth-order valence-corrected chi connectivity index (χ4v) is 2.49. The van der Waals surface area contributed by atoms with Gasteiger partial charge in [-0.3, -0.25) is 4.90 Å². The Morgan fingerprint density at radius 3 is 3.09 bits per heavy atom. The summed E-state index contributed by atoms with van der Waals surface area (Å²) in [6.07, 6.45) is 2.81. The standard InChI is InChI=1S/C15H17FN4O3/c1-19(15(21)22-2)11-5-12(16)14-13(6-11)20(3-4-23-14)8-10-7-17-9-18-10/h5-7,9H,3-4,8H2,1-2H3,(H,17,18). The van der Waals surface area contributed by atoms with E-state index in [1.165, 1.54) is 25.1 Å². The van der Waals surface area contributed by atoms with E-state index in [1.54, 1.807) is 18.6 Å². The number of nitrogens with one attached hydrogen (secondary N) is 1. The molecule has 1 aliphatic heterocycles. The van der Waals surface area contributed by atoms with Gasteiger partial charge in [0.15, 0.2) is 11.6 Å². The number of ether oxygens (including phenoxy) is 2. The van der Waals surface area contributed by atoms with E-state index in [0.717, 1.165) is 5.69 Å². The van der Waals surface area contributed by atoms with Gasteiger partial charge in [0, 0.05) is 19.3 Å². The number of fused-ring (bicyclic) bond motifs is 1. The second-order valence-electron chi connectivity index (χ2n) is 5.14. The number of hydrogen-bond acceptors (Lipinski definition) is 5. The monoisotopic (exact) mass is 320 g/mol. The van der Waals surface area contributed by atoms with Crippen molar-refractivity contribution in [2.75, 3.05) is 37.1 Å². The number of anilines is 2. The molecule has 0 saturated carbocycles. The molecule has 0 radical (unpaired) electrons. The van der Waals surface area contributed by atoms with Gasteiger partial charge >= 0.3 is 6.09 Å². The first-order valence-corrected chi connectivity index (χ1v) is 7.10. The minimum absolute atomic E-state index is 0.189. The molecular formula is C15H17FN4O3. The number of aromatic amines is 1. The summed E-state index contributed by atoms with van der Waals surface area (Å²) >= 11 is 0. The molecule has 8 heteroatoms. The van der Waals surface area contributed by atoms with Crippen molar-refractivity contribution in [3.05, 3.63) is 36.2 Å². The second-order valence-corrected chi connectivity index (χ2v) is 5.14. The van der Waals surface area contributed by atoms with E-state index in [9.17, 15) is 9.18 Å². The fourth-order valence-electron chi connectivity index (χ4n) is 2.49. The normalized spacial score (nSPS) is 13.3. The first-order valence-electron chi connectivity index (χ1n) is 7.10. The number of carbonyl (C=O) groups is 1. The van der Waals surface area contributed by atoms with Crippen LogP contribution in [-0.4, -0.2) is 43.4 Å². The third kappa shape index (κ3) is 2.92. The minimum atomic E-state index is -0.570. The van der Waals surface area contributed by atoms with Gasteiger partial charge in [-0.25, -0.2) is 14.2 Å². The highest BCUT2D eigenvalue weighted by molar-refractivity contribution is 5.88. The number of amides is 1. The predicted octanol–water partition coefficient (Wildman–Crippen LogP) is 2.15. The van der Waals surface area contributed by atoms with Gasteiger partial charge in [-0.15, -0.1) is 0 Å². The Labute approximate surface area is 132 Å². The van der Waals surface area contributed by atoms with Gasteiger partial charge in [0.1, 0.15) is 6.61 Å². The van der Waals surface area contributed by atoms with Gasteiger partial charge in [-0.2, -0.15) is 0 Å². The molecule has 2 aromatic rings. The molecular weight excluding hydrogens is 303 g/mol. The topological polar surface area (TPSA) is 70.7 Å². The summed E-state index contributed by atoms with van der Waals surface area (Å²) < 4.78 is 24.5. The molecule has 0 atom stereocenters. The maximum absolute atomic E-state index is 14.4. The van der Waals surface area contributed by atoms with E-state index in [2.05, 4.69) is 14.7 Å². The predicted molar refractivity (Wildman–Crippen MR) is 82.3 cm³/mol. The van der Waals surface area contributed by atoms with Gasteiger partial charge in [0.25, 0.3) is 0 Å². The van der Waals surface area contributed by atoms with E-state index in [1.807, 2.05) is 4.90 Å². The van der Waals surface area contributed by atoms with Gasteiger partial charge in [-0.05, 0) is 6.07 Å². The number of rotatable bonds is 3. The minimum Gasteiger partial charge on any atom is -0.486 e. The van der Waals surface area contributed by atoms with Crippen LogP contribution >= 0.6 is 0 Å². The van der Waals surface area contributed by atoms with E-state index in [0.29, 0.717) is 31.1 Å². The maximum atomic E-state index is 14.4. The Balaban J connectivity index is 1.96. The number of aromatic nitrogens is 2. The van der Waals surface area contributed by atoms with E-state index in [-0.39, 0.29) is 5.75 Å². The van der Waals surface area contributed by atoms with Crippen molar-refractivity contribution in [3.63, 3.8) is 0 Å². The zero-order valence-electron chi connectivity index (χ0n) is 12.9. The quantitative estimate of drug-likeness (QED) is 0.938. The van der Waals surface area contributed by atoms with Crippen molar-refractivity contribution < 1.29 is 18.7 Å². The third-order valence-electron chi connectivity index (χ3n) is 3.70. The number of H-pyrrole nitrogens is 1. The fraction of sp³-hybridized carbons (Fsp3) is 0.333. The first-order chi connectivity index (χ1) is 11.1. The highest BCUT2D eigenvalue weighted by atomic mass is 19.1. The summed E-state index contributed by atoms with van der Waals surface area (Å²) in [4.78, 5) is 21.9. The van der Waals surface area contributed by atoms with Crippen LogP contribution in [0.25, 0.3) is 0 Å². The van der Waals surface area contributed by atoms with Crippen molar-refractivity contribution in [1.29, 1.82) is 0 Å². The van der Waals surface area contributed by atoms with E-state index < -0.39 is 11.9 Å². The number of carbonyl (C=O) groups excluding carboxylic acids is 1. The molecule has 122 valence electrons. The smallest absolute Gasteiger partial charge is 0.413 e. The number of halogens is 1. The Kier molecular flexibility index (Phi) is 4.05. The van der Waals surface area contributed by atoms with Gasteiger partial charge in [-0.1, -0.05) is 0 Å². The first kappa shape index (κ1) is 15.1. The van der Waals surface area contributed by atoms with Crippen LogP contribution in [0, 0.1) is 5.82 Å². The highest BCUT2D eigenvalue weighted by Crippen LogP contribution is 2.38. The molecule has 1 aliphatic rings. The number of methoxy groups -OCH3 is 1. The maximum Gasteiger partial charge on any atom is 0.413 e. The van der Waals surface area contributed by atoms with Crippen LogP contribution in [0.15, 0.2) is 24.7 Å². The van der Waals surface area contributed by atoms with Crippen molar-refractivity contribution in [2.24, 2.45) is 0 Å². The number of hydrogen-bond donors (Lipinski definition) is 1. The molecule has 23 heavy (non-hydrogen) atoms. The number of nitrogens with zero attached hydrogens (tertiary/aromatic N) is 3. The van der Waals surface area contributed by atoms with Crippen LogP contribution in [0.3, 0.4) is 0 Å². The van der Waals surface area contributed by atoms with Crippen LogP contribution in [0.2, 0.25) is 0 Å². The molecule has 1 aromatic carbocycles. The molecule has 0 bridgehead atoms. The van der Waals surface area contributed by atoms with Crippen molar-refractivity contribution in [2.45, 2.75) is 6.54 Å². The molecule has 0 saturated heterocycles. The van der Waals surface area contributed by atoms with Gasteiger partial charge < -0.3 is 19.4 Å². The summed E-state index contributed by atoms with van der Waals surface area (Å²) in [5, 5.41) is 0. The molecule has 1 N–H and O–H groups in total. The number of benzene rings is 1. The molecule has 1 aromatic heterocycles. The Hall–Kier alpha value is -2.77. The van der Waals surface area contributed by atoms with Crippen molar-refractivity contribution in [3.8, 4) is 5.75 Å². The number of imidazole rings is 1. The van der Waals surface area contributed by atoms with E-state index >= 15 is 0 Å². The summed E-state index contributed by atoms with van der Waals surface area (Å²) in [5.41, 5.74) is 1.82. The van der Waals surface area contributed by atoms with Crippen molar-refractivity contribution in [1.82, 2.24) is 9.97 Å². The van der Waals surface area contributed by atoms with Crippen LogP contribution in [0.5, 0.6) is 5.75 Å². The average Bonchev–Trinajstić information content (AvgIpc) is 3.07. The van der Waals surface area contributed by atoms with Crippen LogP contribution < -0.4 is 14.5 Å². The van der Waals surface area contributed by atoms with Gasteiger partial charge in [0.2, 0.25) is 0 Å². The van der Waals surface area contributed by atoms with E-state index in [4.69, 9.17) is 4.74 Å². The van der Waals surface area contributed by atoms with Gasteiger partial charge in [0.05, 0.1) is 43.6 Å². The van der Waals surface area contributed by atoms with Crippen LogP contribution in [0.1, 0.15) is 5.69 Å². The lowest BCUT2D eigenvalue weighted by molar-refractivity contribution is 0.180. The summed E-state index contributed by atoms with van der Waals surface area (Å²) in [6, 6.07) is 2.97. The Morgan fingerprint density at radius 1 is 1.57 bits per heavy atom. The largest absolute Gasteiger partial charge is 0.486 e. The lowest BCUT2D eigenvalue weighted by Gasteiger charge is -2.32. The lowest BCUT2D eigenvalue weighted by atomic mass is 10.2. The Morgan fingerprint density at radius 2 is 2.39 bits per heavy atom. The summed E-state index contributed by atoms with van der Waals surface area (Å²) in [7, 11) is 2.80. The Bertz CT molecular complexity index is 705. The molecule has 0 spiro atoms. The zero-order valence-corrected chi connectivity index (χ0v) is 12.9. The molecule has 0 aliphatic carbocycles. The summed E-state index contributed by atoms with van der Waals surface area (Å²) in [5.74, 6) is -0.325. The molecule has 2 heterocycles. The van der Waals surface area contributed by atoms with Crippen LogP contribution in [-0.2, 0) is 11.3 Å². The third-order valence-corrected chi connectivity index (χ3v) is 3.70. The molecule has 7 nitrogen and oxygen atoms in total. The molecule has 3 rings (SSSR count). The highest BCUT2D eigenvalue weighted by Gasteiger charge is 2.25. The van der Waals surface area contributed by atoms with Crippen LogP contribution in [0.4, 0.5) is 20.6 Å². The summed E-state index contributed by atoms with van der Waals surface area (Å²) in [6.45, 7) is 1.51. The lowest BCUT2D eigenvalue weighted by Crippen LogP contribution is -2.33. The second kappa shape index (κ2) is 6.15. The molecule has 1 amide bonds. The van der Waals surface area contributed by atoms with Crippen molar-refractivity contribution >= 4 is 17.5 Å². The average molecular weight is 320 g/mol. The SMILES string of the molecule is COC(=O)N(C)c1cc(F)c2c(c1)N(Cc1c[nH]cn1)CCO2. The molecule has 0 unspecified atom stereocenters. The zero-order chi connectivity index (χ0) is 16.4. The molecule has 0 fully saturated rings.